The van der Waals surface area contributed by atoms with Crippen LogP contribution in [0.15, 0.2) is 33.4 Å². The van der Waals surface area contributed by atoms with E-state index in [1.165, 1.54) is 11.3 Å². The topological polar surface area (TPSA) is 68.0 Å². The fourth-order valence-corrected chi connectivity index (χ4v) is 4.67. The average molecular weight is 480 g/mol. The van der Waals surface area contributed by atoms with E-state index in [0.717, 1.165) is 48.6 Å². The largest absolute Gasteiger partial charge is 0.494 e. The van der Waals surface area contributed by atoms with Crippen molar-refractivity contribution >= 4 is 48.5 Å². The van der Waals surface area contributed by atoms with Gasteiger partial charge in [0, 0.05) is 26.2 Å². The summed E-state index contributed by atoms with van der Waals surface area (Å²) in [6, 6.07) is 7.31. The number of fused-ring (bicyclic) bond motifs is 1. The van der Waals surface area contributed by atoms with Crippen molar-refractivity contribution in [2.24, 2.45) is 0 Å². The second-order valence-corrected chi connectivity index (χ2v) is 8.53. The van der Waals surface area contributed by atoms with Crippen LogP contribution in [0.5, 0.6) is 5.75 Å². The number of anilines is 1. The lowest BCUT2D eigenvalue weighted by Crippen LogP contribution is -2.43. The van der Waals surface area contributed by atoms with Crippen LogP contribution in [0.4, 0.5) is 5.13 Å². The molecule has 7 nitrogen and oxygen atoms in total. The zero-order valence-corrected chi connectivity index (χ0v) is 18.7. The van der Waals surface area contributed by atoms with Crippen molar-refractivity contribution in [3.05, 3.63) is 40.3 Å². The lowest BCUT2D eigenvalue weighted by Gasteiger charge is -2.28. The van der Waals surface area contributed by atoms with Gasteiger partial charge in [0.05, 0.1) is 25.0 Å². The van der Waals surface area contributed by atoms with Crippen LogP contribution < -0.4 is 9.64 Å². The maximum absolute atomic E-state index is 13.3. The molecule has 1 aliphatic heterocycles. The number of hydrogen-bond donors (Lipinski definition) is 0. The first-order valence-electron chi connectivity index (χ1n) is 9.38. The summed E-state index contributed by atoms with van der Waals surface area (Å²) in [7, 11) is 1.63. The van der Waals surface area contributed by atoms with E-state index >= 15 is 0 Å². The Morgan fingerprint density at radius 1 is 1.31 bits per heavy atom. The molecule has 0 spiro atoms. The van der Waals surface area contributed by atoms with Crippen LogP contribution in [0, 0.1) is 6.92 Å². The predicted molar refractivity (Wildman–Crippen MR) is 116 cm³/mol. The normalized spacial score (nSPS) is 15.0. The van der Waals surface area contributed by atoms with Gasteiger partial charge in [-0.3, -0.25) is 14.6 Å². The van der Waals surface area contributed by atoms with Gasteiger partial charge in [-0.1, -0.05) is 17.4 Å². The molecule has 1 amide bonds. The van der Waals surface area contributed by atoms with Crippen LogP contribution in [-0.2, 0) is 4.74 Å². The zero-order valence-electron chi connectivity index (χ0n) is 16.3. The number of amides is 1. The highest BCUT2D eigenvalue weighted by Crippen LogP contribution is 2.37. The summed E-state index contributed by atoms with van der Waals surface area (Å²) in [5, 5.41) is 0.637. The molecule has 0 unspecified atom stereocenters. The first kappa shape index (κ1) is 20.3. The Hall–Kier alpha value is -1.94. The number of rotatable bonds is 6. The summed E-state index contributed by atoms with van der Waals surface area (Å²) in [4.78, 5) is 22.0. The predicted octanol–water partition coefficient (Wildman–Crippen LogP) is 3.95. The number of thiazole rings is 1. The number of aryl methyl sites for hydroxylation is 1. The quantitative estimate of drug-likeness (QED) is 0.533. The van der Waals surface area contributed by atoms with E-state index in [1.807, 2.05) is 19.1 Å². The molecule has 0 radical (unpaired) electrons. The maximum atomic E-state index is 13.3. The summed E-state index contributed by atoms with van der Waals surface area (Å²) in [5.41, 5.74) is 1.88. The molecule has 3 heterocycles. The number of aromatic nitrogens is 1. The Kier molecular flexibility index (Phi) is 6.19. The van der Waals surface area contributed by atoms with Crippen LogP contribution in [0.25, 0.3) is 10.2 Å². The Labute approximate surface area is 181 Å². The van der Waals surface area contributed by atoms with Gasteiger partial charge in [-0.25, -0.2) is 4.98 Å². The number of halogens is 1. The van der Waals surface area contributed by atoms with Crippen molar-refractivity contribution in [3.63, 3.8) is 0 Å². The van der Waals surface area contributed by atoms with E-state index in [-0.39, 0.29) is 11.7 Å². The summed E-state index contributed by atoms with van der Waals surface area (Å²) in [5.74, 6) is 0.774. The van der Waals surface area contributed by atoms with Gasteiger partial charge in [0.1, 0.15) is 11.3 Å². The third-order valence-electron chi connectivity index (χ3n) is 4.92. The summed E-state index contributed by atoms with van der Waals surface area (Å²) >= 11 is 4.77. The summed E-state index contributed by atoms with van der Waals surface area (Å²) in [6.07, 6.45) is 0. The van der Waals surface area contributed by atoms with Crippen molar-refractivity contribution in [3.8, 4) is 5.75 Å². The molecule has 2 aromatic heterocycles. The van der Waals surface area contributed by atoms with Crippen molar-refractivity contribution in [2.45, 2.75) is 6.92 Å². The molecular formula is C20H22BrN3O4S. The molecule has 4 rings (SSSR count). The maximum Gasteiger partial charge on any atom is 0.295 e. The minimum Gasteiger partial charge on any atom is -0.494 e. The molecule has 3 aromatic rings. The minimum absolute atomic E-state index is 0.209. The van der Waals surface area contributed by atoms with Gasteiger partial charge in [0.25, 0.3) is 5.91 Å². The van der Waals surface area contributed by atoms with Crippen molar-refractivity contribution in [1.29, 1.82) is 0 Å². The molecule has 1 saturated heterocycles. The minimum atomic E-state index is -0.209. The number of ether oxygens (including phenoxy) is 2. The molecule has 0 saturated carbocycles. The Balaban J connectivity index is 1.68. The van der Waals surface area contributed by atoms with Gasteiger partial charge in [0.15, 0.2) is 15.6 Å². The van der Waals surface area contributed by atoms with E-state index in [4.69, 9.17) is 18.9 Å². The summed E-state index contributed by atoms with van der Waals surface area (Å²) in [6.45, 7) is 6.45. The van der Waals surface area contributed by atoms with Gasteiger partial charge in [-0.2, -0.15) is 0 Å². The van der Waals surface area contributed by atoms with Crippen molar-refractivity contribution in [2.75, 3.05) is 51.4 Å². The molecule has 29 heavy (non-hydrogen) atoms. The van der Waals surface area contributed by atoms with Gasteiger partial charge < -0.3 is 13.9 Å². The van der Waals surface area contributed by atoms with Crippen molar-refractivity contribution in [1.82, 2.24) is 9.88 Å². The molecule has 0 aliphatic carbocycles. The molecule has 1 fully saturated rings. The van der Waals surface area contributed by atoms with Crippen molar-refractivity contribution < 1.29 is 18.7 Å². The third kappa shape index (κ3) is 4.32. The lowest BCUT2D eigenvalue weighted by molar-refractivity contribution is 0.0390. The highest BCUT2D eigenvalue weighted by molar-refractivity contribution is 9.10. The smallest absolute Gasteiger partial charge is 0.295 e. The van der Waals surface area contributed by atoms with Gasteiger partial charge >= 0.3 is 0 Å². The highest BCUT2D eigenvalue weighted by Gasteiger charge is 2.26. The number of benzene rings is 1. The zero-order chi connectivity index (χ0) is 20.4. The Morgan fingerprint density at radius 3 is 2.79 bits per heavy atom. The van der Waals surface area contributed by atoms with Gasteiger partial charge in [-0.05, 0) is 46.6 Å². The number of furan rings is 1. The Bertz CT molecular complexity index is 1010. The Morgan fingerprint density at radius 2 is 2.10 bits per heavy atom. The van der Waals surface area contributed by atoms with E-state index in [9.17, 15) is 4.79 Å². The first-order valence-corrected chi connectivity index (χ1v) is 11.0. The van der Waals surface area contributed by atoms with Gasteiger partial charge in [0.2, 0.25) is 0 Å². The number of nitrogens with zero attached hydrogens (tertiary/aromatic N) is 3. The van der Waals surface area contributed by atoms with Crippen LogP contribution >= 0.6 is 27.3 Å². The molecule has 1 aliphatic rings. The number of carbonyl (C=O) groups excluding carboxylic acids is 1. The van der Waals surface area contributed by atoms with Crippen LogP contribution in [0.2, 0.25) is 0 Å². The highest BCUT2D eigenvalue weighted by atomic mass is 79.9. The molecule has 0 bridgehead atoms. The molecule has 1 aromatic carbocycles. The fourth-order valence-electron chi connectivity index (χ4n) is 3.29. The lowest BCUT2D eigenvalue weighted by atomic mass is 10.2. The number of morpholine rings is 1. The van der Waals surface area contributed by atoms with E-state index < -0.39 is 0 Å². The third-order valence-corrected chi connectivity index (χ3v) is 6.56. The van der Waals surface area contributed by atoms with Crippen LogP contribution in [0.1, 0.15) is 16.1 Å². The van der Waals surface area contributed by atoms with E-state index in [2.05, 4.69) is 20.8 Å². The second-order valence-electron chi connectivity index (χ2n) is 6.77. The summed E-state index contributed by atoms with van der Waals surface area (Å²) < 4.78 is 18.0. The SMILES string of the molecule is COc1ccc(C)c2sc(N(CCN3CCOCC3)C(=O)c3ccc(Br)o3)nc12. The number of hydrogen-bond acceptors (Lipinski definition) is 7. The number of carbonyl (C=O) groups is 1. The molecule has 0 N–H and O–H groups in total. The standard InChI is InChI=1S/C20H22BrN3O4S/c1-13-3-4-14(26-2)17-18(13)29-20(22-17)24(8-7-23-9-11-27-12-10-23)19(25)15-5-6-16(21)28-15/h3-6H,7-12H2,1-2H3. The fraction of sp³-hybridized carbons (Fsp3) is 0.400. The molecular weight excluding hydrogens is 458 g/mol. The monoisotopic (exact) mass is 479 g/mol. The molecule has 0 atom stereocenters. The first-order chi connectivity index (χ1) is 14.1. The second kappa shape index (κ2) is 8.83. The number of methoxy groups -OCH3 is 1. The van der Waals surface area contributed by atoms with E-state index in [1.54, 1.807) is 24.1 Å². The molecule has 154 valence electrons. The van der Waals surface area contributed by atoms with Crippen LogP contribution in [0.3, 0.4) is 0 Å². The van der Waals surface area contributed by atoms with E-state index in [0.29, 0.717) is 22.1 Å². The van der Waals surface area contributed by atoms with Gasteiger partial charge in [-0.15, -0.1) is 0 Å². The van der Waals surface area contributed by atoms with Crippen LogP contribution in [-0.4, -0.2) is 62.3 Å². The average Bonchev–Trinajstić information content (AvgIpc) is 3.36. The molecule has 9 heteroatoms.